The first-order valence-corrected chi connectivity index (χ1v) is 1.19. The van der Waals surface area contributed by atoms with E-state index in [-0.39, 0.29) is 37.7 Å². The van der Waals surface area contributed by atoms with Gasteiger partial charge in [0.05, 0.1) is 0 Å². The summed E-state index contributed by atoms with van der Waals surface area (Å²) < 4.78 is 0. The molecule has 0 atom stereocenters. The molecule has 0 rings (SSSR count). The van der Waals surface area contributed by atoms with E-state index in [1.54, 1.807) is 0 Å². The number of nitrogens with two attached hydrogens (primary N) is 1. The van der Waals surface area contributed by atoms with Gasteiger partial charge < -0.3 is 5.73 Å². The third-order valence-electron chi connectivity index (χ3n) is 0.201. The zero-order valence-electron chi connectivity index (χ0n) is 2.77. The van der Waals surface area contributed by atoms with Crippen LogP contribution in [0.15, 0.2) is 12.7 Å². The molecule has 0 aromatic carbocycles. The minimum absolute atomic E-state index is 0. The van der Waals surface area contributed by atoms with Crippen molar-refractivity contribution in [2.45, 2.75) is 0 Å². The fraction of sp³-hybridized carbons (Fsp3) is 0. The fourth-order valence-electron chi connectivity index (χ4n) is 0. The number of primary amides is 1. The van der Waals surface area contributed by atoms with Gasteiger partial charge in [0.2, 0.25) is 5.91 Å². The molecule has 0 saturated carbocycles. The first-order valence-electron chi connectivity index (χ1n) is 1.19. The van der Waals surface area contributed by atoms with Crippen molar-refractivity contribution in [3.63, 3.8) is 0 Å². The normalized spacial score (nSPS) is 5.33. The number of carbonyl (C=O) groups is 1. The van der Waals surface area contributed by atoms with Crippen molar-refractivity contribution in [3.05, 3.63) is 12.7 Å². The molecule has 1 amide bonds. The summed E-state index contributed by atoms with van der Waals surface area (Å²) in [6.07, 6.45) is 1.06. The molecule has 0 aliphatic rings. The summed E-state index contributed by atoms with van der Waals surface area (Å²) in [4.78, 5) is 9.47. The third-order valence-corrected chi connectivity index (χ3v) is 0.201. The average molecular weight is 113 g/mol. The van der Waals surface area contributed by atoms with E-state index in [0.29, 0.717) is 0 Å². The topological polar surface area (TPSA) is 43.1 Å². The van der Waals surface area contributed by atoms with Gasteiger partial charge in [-0.1, -0.05) is 6.58 Å². The summed E-state index contributed by atoms with van der Waals surface area (Å²) in [6.45, 7) is 3.09. The van der Waals surface area contributed by atoms with Gasteiger partial charge in [-0.25, -0.2) is 0 Å². The van der Waals surface area contributed by atoms with Crippen molar-refractivity contribution in [1.82, 2.24) is 0 Å². The summed E-state index contributed by atoms with van der Waals surface area (Å²) in [5.74, 6) is -0.481. The summed E-state index contributed by atoms with van der Waals surface area (Å²) in [5.41, 5.74) is 4.53. The summed E-state index contributed by atoms with van der Waals surface area (Å²) in [5, 5.41) is 0. The Morgan fingerprint density at radius 3 is 2.00 bits per heavy atom. The van der Waals surface area contributed by atoms with Crippen LogP contribution in [-0.2, 0) is 4.79 Å². The summed E-state index contributed by atoms with van der Waals surface area (Å²) in [7, 11) is 0. The zero-order chi connectivity index (χ0) is 4.28. The van der Waals surface area contributed by atoms with Crippen LogP contribution in [0.5, 0.6) is 0 Å². The molecule has 0 aromatic heterocycles. The number of hydrogen-bond acceptors (Lipinski definition) is 1. The Labute approximate surface area is 66.4 Å². The van der Waals surface area contributed by atoms with Gasteiger partial charge in [0.15, 0.2) is 0 Å². The number of amides is 1. The van der Waals surface area contributed by atoms with Crippen LogP contribution in [0.25, 0.3) is 0 Å². The predicted octanol–water partition coefficient (Wildman–Crippen LogP) is -1.26. The Hall–Kier alpha value is 0.470. The Kier molecular flexibility index (Phi) is 8.83. The van der Waals surface area contributed by atoms with Gasteiger partial charge in [0.25, 0.3) is 0 Å². The molecule has 0 saturated heterocycles. The maximum atomic E-state index is 9.47. The Morgan fingerprint density at radius 2 is 2.00 bits per heavy atom. The second-order valence-corrected chi connectivity index (χ2v) is 0.606. The number of rotatable bonds is 1. The van der Waals surface area contributed by atoms with E-state index in [9.17, 15) is 4.79 Å². The molecule has 0 aliphatic carbocycles. The molecule has 0 aliphatic heterocycles. The Bertz CT molecular complexity index is 61.8. The zero-order valence-corrected chi connectivity index (χ0v) is 2.77. The summed E-state index contributed by atoms with van der Waals surface area (Å²) in [6, 6.07) is 0. The van der Waals surface area contributed by atoms with Crippen LogP contribution in [0, 0.1) is 0 Å². The molecule has 0 spiro atoms. The second kappa shape index (κ2) is 5.47. The molecular weight excluding hydrogens is 106 g/mol. The molecule has 0 bridgehead atoms. The van der Waals surface area contributed by atoms with E-state index in [1.165, 1.54) is 0 Å². The van der Waals surface area contributed by atoms with Crippen LogP contribution in [-0.4, -0.2) is 43.6 Å². The van der Waals surface area contributed by atoms with E-state index in [2.05, 4.69) is 12.3 Å². The van der Waals surface area contributed by atoms with Crippen molar-refractivity contribution in [2.75, 3.05) is 0 Å². The summed E-state index contributed by atoms with van der Waals surface area (Å²) >= 11 is 0. The van der Waals surface area contributed by atoms with Gasteiger partial charge in [0, 0.05) is 0 Å². The first-order chi connectivity index (χ1) is 2.27. The van der Waals surface area contributed by atoms with Crippen LogP contribution in [0.1, 0.15) is 0 Å². The molecule has 3 heteroatoms. The average Bonchev–Trinajstić information content (AvgIpc) is 1.38. The van der Waals surface area contributed by atoms with Gasteiger partial charge in [0.1, 0.15) is 0 Å². The van der Waals surface area contributed by atoms with Gasteiger partial charge >= 0.3 is 37.7 Å². The molecule has 0 heterocycles. The molecule has 0 fully saturated rings. The fourth-order valence-corrected chi connectivity index (χ4v) is 0. The standard InChI is InChI=1S/C3H5NO.Ca.2H/c1-2-3(4)5;;;/h2H,1H2,(H2,4,5);;;. The molecule has 32 valence electrons. The van der Waals surface area contributed by atoms with E-state index < -0.39 is 5.91 Å². The quantitative estimate of drug-likeness (QED) is 0.335. The van der Waals surface area contributed by atoms with Crippen molar-refractivity contribution >= 4 is 43.6 Å². The number of hydrogen-bond donors (Lipinski definition) is 1. The van der Waals surface area contributed by atoms with Gasteiger partial charge in [-0.05, 0) is 6.08 Å². The predicted molar refractivity (Wildman–Crippen MR) is 27.9 cm³/mol. The van der Waals surface area contributed by atoms with Crippen molar-refractivity contribution in [1.29, 1.82) is 0 Å². The molecule has 0 unspecified atom stereocenters. The third kappa shape index (κ3) is 8.82. The van der Waals surface area contributed by atoms with Crippen molar-refractivity contribution in [3.8, 4) is 0 Å². The molecule has 2 N–H and O–H groups in total. The number of carbonyl (C=O) groups excluding carboxylic acids is 1. The van der Waals surface area contributed by atoms with E-state index in [0.717, 1.165) is 6.08 Å². The molecular formula is C3H7CaNO. The molecule has 2 nitrogen and oxygen atoms in total. The van der Waals surface area contributed by atoms with E-state index >= 15 is 0 Å². The first kappa shape index (κ1) is 9.69. The van der Waals surface area contributed by atoms with Gasteiger partial charge in [-0.2, -0.15) is 0 Å². The van der Waals surface area contributed by atoms with Crippen LogP contribution in [0.2, 0.25) is 0 Å². The Morgan fingerprint density at radius 1 is 1.83 bits per heavy atom. The molecule has 0 radical (unpaired) electrons. The van der Waals surface area contributed by atoms with Crippen LogP contribution in [0.3, 0.4) is 0 Å². The van der Waals surface area contributed by atoms with Crippen molar-refractivity contribution < 1.29 is 4.79 Å². The monoisotopic (exact) mass is 113 g/mol. The van der Waals surface area contributed by atoms with Crippen molar-refractivity contribution in [2.24, 2.45) is 5.73 Å². The maximum absolute atomic E-state index is 9.47. The van der Waals surface area contributed by atoms with E-state index in [4.69, 9.17) is 0 Å². The minimum atomic E-state index is -0.481. The Balaban J connectivity index is 0. The van der Waals surface area contributed by atoms with Crippen LogP contribution < -0.4 is 5.73 Å². The molecule has 0 aromatic rings. The molecule has 6 heavy (non-hydrogen) atoms. The van der Waals surface area contributed by atoms with Crippen LogP contribution >= 0.6 is 0 Å². The van der Waals surface area contributed by atoms with Gasteiger partial charge in [-0.3, -0.25) is 4.79 Å². The van der Waals surface area contributed by atoms with Crippen LogP contribution in [0.4, 0.5) is 0 Å². The van der Waals surface area contributed by atoms with E-state index in [1.807, 2.05) is 0 Å². The SMILES string of the molecule is C=CC(N)=O.[CaH2]. The second-order valence-electron chi connectivity index (χ2n) is 0.606. The van der Waals surface area contributed by atoms with Gasteiger partial charge in [-0.15, -0.1) is 0 Å².